The highest BCUT2D eigenvalue weighted by Crippen LogP contribution is 2.20. The second-order valence-corrected chi connectivity index (χ2v) is 8.37. The first-order valence-corrected chi connectivity index (χ1v) is 11.1. The van der Waals surface area contributed by atoms with Gasteiger partial charge in [0.25, 0.3) is 5.91 Å². The Morgan fingerprint density at radius 2 is 1.52 bits per heavy atom. The topological polar surface area (TPSA) is 81.6 Å². The van der Waals surface area contributed by atoms with E-state index < -0.39 is 0 Å². The van der Waals surface area contributed by atoms with Gasteiger partial charge in [-0.15, -0.1) is 15.3 Å². The summed E-state index contributed by atoms with van der Waals surface area (Å²) >= 11 is 1.21. The van der Waals surface area contributed by atoms with Crippen LogP contribution in [-0.2, 0) is 6.42 Å². The Morgan fingerprint density at radius 3 is 2.07 bits per heavy atom. The molecular weight excluding hydrogens is 388 g/mol. The van der Waals surface area contributed by atoms with Gasteiger partial charge in [-0.3, -0.25) is 4.79 Å². The first-order chi connectivity index (χ1) is 14.2. The number of aromatic nitrogens is 4. The Kier molecular flexibility index (Phi) is 6.19. The molecule has 0 bridgehead atoms. The number of hydrogen-bond donors (Lipinski definition) is 0. The van der Waals surface area contributed by atoms with Gasteiger partial charge < -0.3 is 19.6 Å². The second kappa shape index (κ2) is 9.00. The largest absolute Gasteiger partial charge is 0.353 e. The summed E-state index contributed by atoms with van der Waals surface area (Å²) < 4.78 is 3.98. The fourth-order valence-corrected chi connectivity index (χ4v) is 4.42. The van der Waals surface area contributed by atoms with Crippen molar-refractivity contribution in [1.29, 1.82) is 0 Å². The molecule has 156 valence electrons. The summed E-state index contributed by atoms with van der Waals surface area (Å²) in [5.74, 6) is 1.87. The molecule has 4 heterocycles. The van der Waals surface area contributed by atoms with E-state index in [1.54, 1.807) is 0 Å². The van der Waals surface area contributed by atoms with E-state index in [1.807, 2.05) is 11.0 Å². The fraction of sp³-hybridized carbons (Fsp3) is 0.632. The van der Waals surface area contributed by atoms with Crippen molar-refractivity contribution >= 4 is 29.1 Å². The van der Waals surface area contributed by atoms with Gasteiger partial charge in [0.05, 0.1) is 5.69 Å². The third-order valence-electron chi connectivity index (χ3n) is 5.59. The maximum atomic E-state index is 12.8. The standard InChI is InChI=1S/C19H28N8OS/c1-3-4-15-18(29-23-20-15)19(28)27-13-11-26(12-14-27)17-6-5-16(21-22-17)25-9-7-24(2)8-10-25/h5-6H,3-4,7-14H2,1-2H3. The lowest BCUT2D eigenvalue weighted by atomic mass is 10.2. The molecule has 0 spiro atoms. The van der Waals surface area contributed by atoms with Crippen LogP contribution in [0.5, 0.6) is 0 Å². The molecule has 0 aliphatic carbocycles. The Bertz CT molecular complexity index is 810. The van der Waals surface area contributed by atoms with Crippen LogP contribution in [0.15, 0.2) is 12.1 Å². The van der Waals surface area contributed by atoms with Crippen molar-refractivity contribution in [1.82, 2.24) is 29.6 Å². The summed E-state index contributed by atoms with van der Waals surface area (Å²) in [6.07, 6.45) is 1.76. The van der Waals surface area contributed by atoms with Gasteiger partial charge in [-0.1, -0.05) is 17.8 Å². The predicted octanol–water partition coefficient (Wildman–Crippen LogP) is 0.995. The number of hydrogen-bond acceptors (Lipinski definition) is 9. The van der Waals surface area contributed by atoms with Gasteiger partial charge in [-0.05, 0) is 37.1 Å². The van der Waals surface area contributed by atoms with Gasteiger partial charge in [0.1, 0.15) is 4.88 Å². The number of nitrogens with zero attached hydrogens (tertiary/aromatic N) is 8. The zero-order valence-electron chi connectivity index (χ0n) is 17.1. The summed E-state index contributed by atoms with van der Waals surface area (Å²) in [4.78, 5) is 22.2. The highest BCUT2D eigenvalue weighted by atomic mass is 32.1. The molecule has 2 aliphatic rings. The first kappa shape index (κ1) is 20.0. The van der Waals surface area contributed by atoms with Gasteiger partial charge in [-0.2, -0.15) is 0 Å². The van der Waals surface area contributed by atoms with Crippen LogP contribution in [-0.4, -0.2) is 94.9 Å². The van der Waals surface area contributed by atoms with Gasteiger partial charge in [0.15, 0.2) is 11.6 Å². The van der Waals surface area contributed by atoms with Crippen LogP contribution >= 0.6 is 11.5 Å². The normalized spacial score (nSPS) is 18.3. The summed E-state index contributed by atoms with van der Waals surface area (Å²) in [6, 6.07) is 4.11. The number of rotatable bonds is 5. The van der Waals surface area contributed by atoms with Crippen molar-refractivity contribution in [2.45, 2.75) is 19.8 Å². The molecule has 0 saturated carbocycles. The van der Waals surface area contributed by atoms with Crippen molar-refractivity contribution in [2.75, 3.05) is 69.2 Å². The molecule has 0 unspecified atom stereocenters. The molecule has 2 aromatic rings. The average Bonchev–Trinajstić information content (AvgIpc) is 3.23. The highest BCUT2D eigenvalue weighted by Gasteiger charge is 2.26. The number of amides is 1. The number of likely N-dealkylation sites (N-methyl/N-ethyl adjacent to an activating group) is 1. The lowest BCUT2D eigenvalue weighted by Gasteiger charge is -2.35. The number of anilines is 2. The minimum Gasteiger partial charge on any atom is -0.353 e. The van der Waals surface area contributed by atoms with E-state index in [2.05, 4.69) is 54.5 Å². The Morgan fingerprint density at radius 1 is 0.931 bits per heavy atom. The zero-order chi connectivity index (χ0) is 20.2. The molecule has 2 fully saturated rings. The predicted molar refractivity (Wildman–Crippen MR) is 114 cm³/mol. The summed E-state index contributed by atoms with van der Waals surface area (Å²) in [5, 5.41) is 13.0. The van der Waals surface area contributed by atoms with Crippen LogP contribution < -0.4 is 9.80 Å². The first-order valence-electron chi connectivity index (χ1n) is 10.3. The average molecular weight is 417 g/mol. The summed E-state index contributed by atoms with van der Waals surface area (Å²) in [7, 11) is 2.15. The van der Waals surface area contributed by atoms with E-state index in [1.165, 1.54) is 11.5 Å². The van der Waals surface area contributed by atoms with Gasteiger partial charge >= 0.3 is 0 Å². The van der Waals surface area contributed by atoms with Crippen molar-refractivity contribution in [2.24, 2.45) is 0 Å². The molecule has 0 N–H and O–H groups in total. The molecular formula is C19H28N8OS. The van der Waals surface area contributed by atoms with Crippen LogP contribution in [0.2, 0.25) is 0 Å². The van der Waals surface area contributed by atoms with Crippen molar-refractivity contribution in [3.63, 3.8) is 0 Å². The molecule has 0 aromatic carbocycles. The van der Waals surface area contributed by atoms with Gasteiger partial charge in [-0.25, -0.2) is 0 Å². The van der Waals surface area contributed by atoms with E-state index in [0.29, 0.717) is 18.0 Å². The van der Waals surface area contributed by atoms with E-state index in [0.717, 1.165) is 69.4 Å². The van der Waals surface area contributed by atoms with E-state index in [-0.39, 0.29) is 5.91 Å². The third-order valence-corrected chi connectivity index (χ3v) is 6.35. The quantitative estimate of drug-likeness (QED) is 0.714. The molecule has 4 rings (SSSR count). The van der Waals surface area contributed by atoms with E-state index >= 15 is 0 Å². The molecule has 29 heavy (non-hydrogen) atoms. The molecule has 1 amide bonds. The van der Waals surface area contributed by atoms with Gasteiger partial charge in [0.2, 0.25) is 0 Å². The van der Waals surface area contributed by atoms with Crippen LogP contribution in [0, 0.1) is 0 Å². The molecule has 2 aliphatic heterocycles. The maximum Gasteiger partial charge on any atom is 0.267 e. The lowest BCUT2D eigenvalue weighted by Crippen LogP contribution is -2.49. The summed E-state index contributed by atoms with van der Waals surface area (Å²) in [5.41, 5.74) is 0.829. The number of piperazine rings is 2. The van der Waals surface area contributed by atoms with Crippen LogP contribution in [0.25, 0.3) is 0 Å². The maximum absolute atomic E-state index is 12.8. The van der Waals surface area contributed by atoms with E-state index in [9.17, 15) is 4.79 Å². The Balaban J connectivity index is 1.33. The minimum absolute atomic E-state index is 0.0552. The smallest absolute Gasteiger partial charge is 0.267 e. The van der Waals surface area contributed by atoms with Crippen LogP contribution in [0.4, 0.5) is 11.6 Å². The second-order valence-electron chi connectivity index (χ2n) is 7.62. The molecule has 0 radical (unpaired) electrons. The Labute approximate surface area is 175 Å². The molecule has 2 saturated heterocycles. The monoisotopic (exact) mass is 416 g/mol. The molecule has 0 atom stereocenters. The number of aryl methyl sites for hydroxylation is 1. The zero-order valence-corrected chi connectivity index (χ0v) is 17.9. The van der Waals surface area contributed by atoms with Crippen LogP contribution in [0.1, 0.15) is 28.7 Å². The molecule has 10 heteroatoms. The lowest BCUT2D eigenvalue weighted by molar-refractivity contribution is 0.0750. The third kappa shape index (κ3) is 4.48. The van der Waals surface area contributed by atoms with Crippen LogP contribution in [0.3, 0.4) is 0 Å². The highest BCUT2D eigenvalue weighted by molar-refractivity contribution is 7.08. The Hall–Kier alpha value is -2.33. The molecule has 9 nitrogen and oxygen atoms in total. The SMILES string of the molecule is CCCc1nnsc1C(=O)N1CCN(c2ccc(N3CCN(C)CC3)nn2)CC1. The van der Waals surface area contributed by atoms with E-state index in [4.69, 9.17) is 0 Å². The molecule has 2 aromatic heterocycles. The van der Waals surface area contributed by atoms with Gasteiger partial charge in [0, 0.05) is 52.4 Å². The summed E-state index contributed by atoms with van der Waals surface area (Å²) in [6.45, 7) is 9.00. The number of carbonyl (C=O) groups excluding carboxylic acids is 1. The number of carbonyl (C=O) groups is 1. The fourth-order valence-electron chi connectivity index (χ4n) is 3.74. The van der Waals surface area contributed by atoms with Crippen molar-refractivity contribution < 1.29 is 4.79 Å². The van der Waals surface area contributed by atoms with Crippen molar-refractivity contribution in [3.05, 3.63) is 22.7 Å². The van der Waals surface area contributed by atoms with Crippen molar-refractivity contribution in [3.8, 4) is 0 Å². The minimum atomic E-state index is 0.0552.